The Hall–Kier alpha value is -1.60. The van der Waals surface area contributed by atoms with Gasteiger partial charge in [-0.15, -0.1) is 6.42 Å². The Morgan fingerprint density at radius 1 is 1.50 bits per heavy atom. The molecular weight excluding hydrogens is 224 g/mol. The maximum atomic E-state index is 5.33. The van der Waals surface area contributed by atoms with Crippen molar-refractivity contribution in [3.63, 3.8) is 0 Å². The number of rotatable bonds is 6. The molecule has 0 aliphatic rings. The monoisotopic (exact) mass is 246 g/mol. The second kappa shape index (κ2) is 6.97. The summed E-state index contributed by atoms with van der Waals surface area (Å²) in [6, 6.07) is 0.456. The van der Waals surface area contributed by atoms with Crippen LogP contribution in [0.15, 0.2) is 6.20 Å². The zero-order valence-corrected chi connectivity index (χ0v) is 11.7. The highest BCUT2D eigenvalue weighted by Crippen LogP contribution is 2.11. The Bertz CT molecular complexity index is 420. The molecule has 0 fully saturated rings. The van der Waals surface area contributed by atoms with Gasteiger partial charge in [-0.25, -0.2) is 9.97 Å². The summed E-state index contributed by atoms with van der Waals surface area (Å²) in [6.07, 6.45) is 7.22. The number of anilines is 1. The summed E-state index contributed by atoms with van der Waals surface area (Å²) in [6.45, 7) is 10.4. The fourth-order valence-corrected chi connectivity index (χ4v) is 1.55. The molecule has 0 saturated carbocycles. The Balaban J connectivity index is 2.81. The van der Waals surface area contributed by atoms with Crippen molar-refractivity contribution in [1.82, 2.24) is 15.3 Å². The van der Waals surface area contributed by atoms with Gasteiger partial charge in [0.15, 0.2) is 0 Å². The Morgan fingerprint density at radius 3 is 2.72 bits per heavy atom. The first-order valence-corrected chi connectivity index (χ1v) is 6.32. The lowest BCUT2D eigenvalue weighted by Crippen LogP contribution is -2.26. The predicted octanol–water partition coefficient (Wildman–Crippen LogP) is 1.74. The van der Waals surface area contributed by atoms with Crippen LogP contribution in [0.5, 0.6) is 0 Å². The SMILES string of the molecule is C#CCN(CC)c1ncc(CNC(C)C)c(C)n1. The van der Waals surface area contributed by atoms with E-state index in [4.69, 9.17) is 6.42 Å². The molecule has 1 aromatic rings. The number of terminal acetylenes is 1. The van der Waals surface area contributed by atoms with Crippen molar-refractivity contribution < 1.29 is 0 Å². The van der Waals surface area contributed by atoms with Crippen LogP contribution in [0.4, 0.5) is 5.95 Å². The minimum absolute atomic E-state index is 0.456. The Labute approximate surface area is 110 Å². The summed E-state index contributed by atoms with van der Waals surface area (Å²) in [7, 11) is 0. The van der Waals surface area contributed by atoms with Crippen molar-refractivity contribution in [2.75, 3.05) is 18.0 Å². The molecule has 1 N–H and O–H groups in total. The maximum Gasteiger partial charge on any atom is 0.226 e. The molecule has 0 aromatic carbocycles. The van der Waals surface area contributed by atoms with Crippen molar-refractivity contribution >= 4 is 5.95 Å². The number of aryl methyl sites for hydroxylation is 1. The van der Waals surface area contributed by atoms with E-state index in [0.717, 1.165) is 24.3 Å². The van der Waals surface area contributed by atoms with Gasteiger partial charge >= 0.3 is 0 Å². The van der Waals surface area contributed by atoms with Gasteiger partial charge in [-0.3, -0.25) is 0 Å². The molecule has 0 bridgehead atoms. The molecule has 4 nitrogen and oxygen atoms in total. The summed E-state index contributed by atoms with van der Waals surface area (Å²) in [5, 5.41) is 3.36. The van der Waals surface area contributed by atoms with E-state index in [1.807, 2.05) is 24.9 Å². The standard InChI is InChI=1S/C14H22N4/c1-6-8-18(7-2)14-16-10-13(12(5)17-14)9-15-11(3)4/h1,10-11,15H,7-9H2,2-5H3. The Kier molecular flexibility index (Phi) is 5.60. The maximum absolute atomic E-state index is 5.33. The van der Waals surface area contributed by atoms with Crippen LogP contribution in [-0.2, 0) is 6.54 Å². The van der Waals surface area contributed by atoms with E-state index in [9.17, 15) is 0 Å². The first-order valence-electron chi connectivity index (χ1n) is 6.32. The number of aromatic nitrogens is 2. The number of nitrogens with one attached hydrogen (secondary N) is 1. The number of nitrogens with zero attached hydrogens (tertiary/aromatic N) is 3. The third kappa shape index (κ3) is 4.01. The highest BCUT2D eigenvalue weighted by Gasteiger charge is 2.08. The zero-order valence-electron chi connectivity index (χ0n) is 11.7. The number of hydrogen-bond donors (Lipinski definition) is 1. The summed E-state index contributed by atoms with van der Waals surface area (Å²) in [5.41, 5.74) is 2.13. The van der Waals surface area contributed by atoms with Crippen molar-refractivity contribution in [1.29, 1.82) is 0 Å². The minimum Gasteiger partial charge on any atom is -0.330 e. The van der Waals surface area contributed by atoms with Crippen LogP contribution in [0.1, 0.15) is 32.0 Å². The molecule has 4 heteroatoms. The van der Waals surface area contributed by atoms with Crippen molar-refractivity contribution in [2.45, 2.75) is 40.3 Å². The highest BCUT2D eigenvalue weighted by atomic mass is 15.2. The highest BCUT2D eigenvalue weighted by molar-refractivity contribution is 5.34. The Morgan fingerprint density at radius 2 is 2.22 bits per heavy atom. The van der Waals surface area contributed by atoms with E-state index in [2.05, 4.69) is 35.1 Å². The fourth-order valence-electron chi connectivity index (χ4n) is 1.55. The van der Waals surface area contributed by atoms with Gasteiger partial charge in [0.25, 0.3) is 0 Å². The second-order valence-electron chi connectivity index (χ2n) is 4.53. The van der Waals surface area contributed by atoms with E-state index in [1.165, 1.54) is 0 Å². The molecule has 0 aliphatic carbocycles. The quantitative estimate of drug-likeness (QED) is 0.776. The summed E-state index contributed by atoms with van der Waals surface area (Å²) in [5.74, 6) is 3.33. The van der Waals surface area contributed by atoms with Crippen molar-refractivity contribution in [2.24, 2.45) is 0 Å². The van der Waals surface area contributed by atoms with E-state index in [-0.39, 0.29) is 0 Å². The lowest BCUT2D eigenvalue weighted by atomic mass is 10.2. The van der Waals surface area contributed by atoms with Crippen LogP contribution in [-0.4, -0.2) is 29.1 Å². The van der Waals surface area contributed by atoms with Crippen LogP contribution in [0.25, 0.3) is 0 Å². The molecule has 0 radical (unpaired) electrons. The fraction of sp³-hybridized carbons (Fsp3) is 0.571. The van der Waals surface area contributed by atoms with Gasteiger partial charge in [-0.1, -0.05) is 19.8 Å². The average molecular weight is 246 g/mol. The van der Waals surface area contributed by atoms with Gasteiger partial charge in [-0.2, -0.15) is 0 Å². The van der Waals surface area contributed by atoms with Crippen molar-refractivity contribution in [3.8, 4) is 12.3 Å². The molecular formula is C14H22N4. The van der Waals surface area contributed by atoms with Gasteiger partial charge in [-0.05, 0) is 13.8 Å². The van der Waals surface area contributed by atoms with Crippen LogP contribution >= 0.6 is 0 Å². The second-order valence-corrected chi connectivity index (χ2v) is 4.53. The lowest BCUT2D eigenvalue weighted by Gasteiger charge is -2.19. The third-order valence-electron chi connectivity index (χ3n) is 2.72. The largest absolute Gasteiger partial charge is 0.330 e. The molecule has 1 rings (SSSR count). The van der Waals surface area contributed by atoms with E-state index in [0.29, 0.717) is 18.5 Å². The van der Waals surface area contributed by atoms with E-state index in [1.54, 1.807) is 0 Å². The summed E-state index contributed by atoms with van der Waals surface area (Å²) in [4.78, 5) is 10.9. The molecule has 18 heavy (non-hydrogen) atoms. The predicted molar refractivity (Wildman–Crippen MR) is 75.5 cm³/mol. The zero-order chi connectivity index (χ0) is 13.5. The molecule has 0 atom stereocenters. The van der Waals surface area contributed by atoms with E-state index < -0.39 is 0 Å². The summed E-state index contributed by atoms with van der Waals surface area (Å²) < 4.78 is 0. The van der Waals surface area contributed by atoms with Gasteiger partial charge in [0.1, 0.15) is 0 Å². The summed E-state index contributed by atoms with van der Waals surface area (Å²) >= 11 is 0. The van der Waals surface area contributed by atoms with Crippen molar-refractivity contribution in [3.05, 3.63) is 17.5 Å². The van der Waals surface area contributed by atoms with Gasteiger partial charge in [0.05, 0.1) is 6.54 Å². The topological polar surface area (TPSA) is 41.1 Å². The average Bonchev–Trinajstić information content (AvgIpc) is 2.34. The molecule has 0 unspecified atom stereocenters. The molecule has 98 valence electrons. The van der Waals surface area contributed by atoms with Gasteiger partial charge in [0, 0.05) is 36.6 Å². The lowest BCUT2D eigenvalue weighted by molar-refractivity contribution is 0.584. The normalized spacial score (nSPS) is 10.4. The van der Waals surface area contributed by atoms with Gasteiger partial charge in [0.2, 0.25) is 5.95 Å². The van der Waals surface area contributed by atoms with Crippen LogP contribution in [0.2, 0.25) is 0 Å². The number of hydrogen-bond acceptors (Lipinski definition) is 4. The van der Waals surface area contributed by atoms with E-state index >= 15 is 0 Å². The van der Waals surface area contributed by atoms with Crippen LogP contribution in [0, 0.1) is 19.3 Å². The molecule has 1 heterocycles. The molecule has 1 aromatic heterocycles. The molecule has 0 spiro atoms. The molecule has 0 aliphatic heterocycles. The smallest absolute Gasteiger partial charge is 0.226 e. The van der Waals surface area contributed by atoms with Crippen LogP contribution < -0.4 is 10.2 Å². The molecule has 0 amide bonds. The minimum atomic E-state index is 0.456. The third-order valence-corrected chi connectivity index (χ3v) is 2.72. The molecule has 0 saturated heterocycles. The van der Waals surface area contributed by atoms with Gasteiger partial charge < -0.3 is 10.2 Å². The van der Waals surface area contributed by atoms with Crippen LogP contribution in [0.3, 0.4) is 0 Å². The first-order chi connectivity index (χ1) is 8.58. The first kappa shape index (κ1) is 14.5.